The summed E-state index contributed by atoms with van der Waals surface area (Å²) in [7, 11) is 0. The number of rotatable bonds is 2. The van der Waals surface area contributed by atoms with Crippen LogP contribution in [0.1, 0.15) is 0 Å². The van der Waals surface area contributed by atoms with Crippen LogP contribution in [-0.4, -0.2) is 0 Å². The maximum absolute atomic E-state index is 12.8. The second kappa shape index (κ2) is 4.57. The molecular formula is C8H6BrFS. The molecule has 0 aliphatic carbocycles. The van der Waals surface area contributed by atoms with Crippen molar-refractivity contribution >= 4 is 27.7 Å². The fourth-order valence-electron chi connectivity index (χ4n) is 0.639. The van der Waals surface area contributed by atoms with Gasteiger partial charge in [-0.05, 0) is 22.5 Å². The Morgan fingerprint density at radius 1 is 1.36 bits per heavy atom. The number of hydrogen-bond donors (Lipinski definition) is 0. The molecule has 0 unspecified atom stereocenters. The Kier molecular flexibility index (Phi) is 3.66. The number of hydrogen-bond acceptors (Lipinski definition) is 1. The van der Waals surface area contributed by atoms with Crippen molar-refractivity contribution in [2.75, 3.05) is 0 Å². The van der Waals surface area contributed by atoms with Crippen LogP contribution in [0.5, 0.6) is 0 Å². The maximum Gasteiger partial charge on any atom is 0.137 e. The van der Waals surface area contributed by atoms with Crippen LogP contribution in [-0.2, 0) is 0 Å². The zero-order valence-corrected chi connectivity index (χ0v) is 8.03. The van der Waals surface area contributed by atoms with Gasteiger partial charge in [0, 0.05) is 4.90 Å². The molecule has 0 bridgehead atoms. The summed E-state index contributed by atoms with van der Waals surface area (Å²) in [5.41, 5.74) is 0. The first-order valence-electron chi connectivity index (χ1n) is 3.01. The topological polar surface area (TPSA) is 0 Å². The molecule has 58 valence electrons. The average Bonchev–Trinajstić information content (AvgIpc) is 2.03. The van der Waals surface area contributed by atoms with Gasteiger partial charge in [0.05, 0.1) is 0 Å². The van der Waals surface area contributed by atoms with Gasteiger partial charge in [-0.3, -0.25) is 0 Å². The van der Waals surface area contributed by atoms with Crippen molar-refractivity contribution in [3.05, 3.63) is 40.5 Å². The molecule has 0 N–H and O–H groups in total. The van der Waals surface area contributed by atoms with Gasteiger partial charge in [-0.15, -0.1) is 0 Å². The molecule has 0 amide bonds. The zero-order chi connectivity index (χ0) is 8.10. The predicted octanol–water partition coefficient (Wildman–Crippen LogP) is 3.78. The van der Waals surface area contributed by atoms with E-state index in [1.807, 2.05) is 6.07 Å². The van der Waals surface area contributed by atoms with Gasteiger partial charge < -0.3 is 0 Å². The number of thioether (sulfide) groups is 1. The third-order valence-electron chi connectivity index (χ3n) is 1.08. The van der Waals surface area contributed by atoms with Crippen LogP contribution in [0.4, 0.5) is 4.39 Å². The first-order chi connectivity index (χ1) is 5.34. The van der Waals surface area contributed by atoms with E-state index < -0.39 is 0 Å². The van der Waals surface area contributed by atoms with Crippen LogP contribution >= 0.6 is 27.7 Å². The highest BCUT2D eigenvalue weighted by Crippen LogP contribution is 2.22. The molecule has 1 aromatic carbocycles. The molecule has 3 heteroatoms. The monoisotopic (exact) mass is 232 g/mol. The van der Waals surface area contributed by atoms with Crippen LogP contribution in [0.3, 0.4) is 0 Å². The number of halogens is 2. The largest absolute Gasteiger partial charge is 0.206 e. The molecule has 0 nitrogen and oxygen atoms in total. The molecule has 0 heterocycles. The van der Waals surface area contributed by atoms with E-state index in [0.717, 1.165) is 0 Å². The van der Waals surface area contributed by atoms with E-state index in [1.165, 1.54) is 17.8 Å². The third-order valence-corrected chi connectivity index (χ3v) is 2.55. The molecule has 11 heavy (non-hydrogen) atoms. The van der Waals surface area contributed by atoms with Gasteiger partial charge in [0.25, 0.3) is 0 Å². The highest BCUT2D eigenvalue weighted by molar-refractivity contribution is 9.11. The summed E-state index contributed by atoms with van der Waals surface area (Å²) in [6.45, 7) is 0. The maximum atomic E-state index is 12.8. The van der Waals surface area contributed by atoms with E-state index in [-0.39, 0.29) is 5.82 Å². The Bertz CT molecular complexity index is 260. The van der Waals surface area contributed by atoms with Crippen LogP contribution < -0.4 is 0 Å². The molecule has 1 rings (SSSR count). The van der Waals surface area contributed by atoms with Gasteiger partial charge in [-0.1, -0.05) is 39.8 Å². The normalized spacial score (nSPS) is 10.7. The fourth-order valence-corrected chi connectivity index (χ4v) is 1.50. The lowest BCUT2D eigenvalue weighted by Gasteiger charge is -1.95. The van der Waals surface area contributed by atoms with E-state index in [2.05, 4.69) is 15.9 Å². The van der Waals surface area contributed by atoms with Gasteiger partial charge in [-0.25, -0.2) is 4.39 Å². The lowest BCUT2D eigenvalue weighted by Crippen LogP contribution is -1.75. The molecule has 0 aromatic heterocycles. The second-order valence-electron chi connectivity index (χ2n) is 1.81. The first-order valence-corrected chi connectivity index (χ1v) is 4.80. The lowest BCUT2D eigenvalue weighted by molar-refractivity contribution is 0.602. The second-order valence-corrected chi connectivity index (χ2v) is 3.29. The summed E-state index contributed by atoms with van der Waals surface area (Å²) in [4.78, 5) is 2.34. The van der Waals surface area contributed by atoms with E-state index in [1.54, 1.807) is 22.5 Å². The van der Waals surface area contributed by atoms with E-state index in [9.17, 15) is 4.39 Å². The third kappa shape index (κ3) is 2.67. The minimum atomic E-state index is -0.178. The van der Waals surface area contributed by atoms with Crippen molar-refractivity contribution in [3.63, 3.8) is 0 Å². The summed E-state index contributed by atoms with van der Waals surface area (Å²) < 4.78 is 12.8. The number of benzene rings is 1. The van der Waals surface area contributed by atoms with Gasteiger partial charge in [0.15, 0.2) is 0 Å². The molecule has 0 atom stereocenters. The Morgan fingerprint density at radius 2 is 2.09 bits per heavy atom. The summed E-state index contributed by atoms with van der Waals surface area (Å²) >= 11 is 4.45. The minimum absolute atomic E-state index is 0.178. The zero-order valence-electron chi connectivity index (χ0n) is 5.63. The predicted molar refractivity (Wildman–Crippen MR) is 50.3 cm³/mol. The van der Waals surface area contributed by atoms with Crippen molar-refractivity contribution in [3.8, 4) is 0 Å². The van der Waals surface area contributed by atoms with Crippen molar-refractivity contribution in [1.82, 2.24) is 0 Å². The standard InChI is InChI=1S/C8H6BrFS/c9-5-6-11-8-4-2-1-3-7(8)10/h1-6H/b6-5+. The molecule has 0 saturated heterocycles. The highest BCUT2D eigenvalue weighted by atomic mass is 79.9. The van der Waals surface area contributed by atoms with Gasteiger partial charge in [0.2, 0.25) is 0 Å². The van der Waals surface area contributed by atoms with Crippen molar-refractivity contribution in [1.29, 1.82) is 0 Å². The first kappa shape index (κ1) is 8.81. The summed E-state index contributed by atoms with van der Waals surface area (Å²) in [5, 5.41) is 1.78. The molecule has 0 radical (unpaired) electrons. The quantitative estimate of drug-likeness (QED) is 0.700. The Balaban J connectivity index is 2.77. The molecule has 0 aliphatic rings. The Morgan fingerprint density at radius 3 is 2.73 bits per heavy atom. The molecule has 0 saturated carbocycles. The van der Waals surface area contributed by atoms with Crippen LogP contribution in [0, 0.1) is 5.82 Å². The van der Waals surface area contributed by atoms with Gasteiger partial charge >= 0.3 is 0 Å². The SMILES string of the molecule is Fc1ccccc1S/C=C/Br. The average molecular weight is 233 g/mol. The molecule has 0 aliphatic heterocycles. The van der Waals surface area contributed by atoms with Crippen LogP contribution in [0.2, 0.25) is 0 Å². The Hall–Kier alpha value is -0.280. The summed E-state index contributed by atoms with van der Waals surface area (Å²) in [6, 6.07) is 6.68. The van der Waals surface area contributed by atoms with Gasteiger partial charge in [0.1, 0.15) is 5.82 Å². The summed E-state index contributed by atoms with van der Waals surface area (Å²) in [5.74, 6) is -0.178. The summed E-state index contributed by atoms with van der Waals surface area (Å²) in [6.07, 6.45) is 0. The molecule has 0 spiro atoms. The molecular weight excluding hydrogens is 227 g/mol. The molecule has 1 aromatic rings. The highest BCUT2D eigenvalue weighted by Gasteiger charge is 1.96. The van der Waals surface area contributed by atoms with Crippen LogP contribution in [0.15, 0.2) is 39.6 Å². The lowest BCUT2D eigenvalue weighted by atomic mass is 10.4. The van der Waals surface area contributed by atoms with Crippen molar-refractivity contribution in [2.45, 2.75) is 4.90 Å². The van der Waals surface area contributed by atoms with Gasteiger partial charge in [-0.2, -0.15) is 0 Å². The smallest absolute Gasteiger partial charge is 0.137 e. The minimum Gasteiger partial charge on any atom is -0.206 e. The van der Waals surface area contributed by atoms with Crippen molar-refractivity contribution in [2.24, 2.45) is 0 Å². The fraction of sp³-hybridized carbons (Fsp3) is 0. The van der Waals surface area contributed by atoms with Crippen molar-refractivity contribution < 1.29 is 4.39 Å². The molecule has 0 fully saturated rings. The Labute approximate surface area is 77.6 Å². The van der Waals surface area contributed by atoms with E-state index >= 15 is 0 Å². The van der Waals surface area contributed by atoms with Crippen LogP contribution in [0.25, 0.3) is 0 Å². The van der Waals surface area contributed by atoms with E-state index in [4.69, 9.17) is 0 Å². The van der Waals surface area contributed by atoms with E-state index in [0.29, 0.717) is 4.90 Å².